The van der Waals surface area contributed by atoms with Crippen molar-refractivity contribution in [1.29, 1.82) is 0 Å². The second-order valence-corrected chi connectivity index (χ2v) is 4.32. The first-order valence-electron chi connectivity index (χ1n) is 6.45. The molecule has 98 valence electrons. The first-order valence-corrected chi connectivity index (χ1v) is 6.45. The molecule has 1 amide bonds. The standard InChI is InChI=1S/C16H18N2O/c1-2-13-7-6-10-15(11-13)18-16(19)12-17-14-8-4-3-5-9-14/h3-11,17H,2,12H2,1H3,(H,18,19). The number of nitrogens with one attached hydrogen (secondary N) is 2. The maximum Gasteiger partial charge on any atom is 0.243 e. The molecular formula is C16H18N2O. The molecule has 0 atom stereocenters. The van der Waals surface area contributed by atoms with Crippen LogP contribution >= 0.6 is 0 Å². The Morgan fingerprint density at radius 2 is 1.74 bits per heavy atom. The summed E-state index contributed by atoms with van der Waals surface area (Å²) in [5.74, 6) is -0.0443. The van der Waals surface area contributed by atoms with Crippen LogP contribution in [0.3, 0.4) is 0 Å². The highest BCUT2D eigenvalue weighted by atomic mass is 16.1. The van der Waals surface area contributed by atoms with E-state index in [-0.39, 0.29) is 12.5 Å². The number of hydrogen-bond acceptors (Lipinski definition) is 2. The molecule has 3 heteroatoms. The number of rotatable bonds is 5. The molecule has 2 rings (SSSR count). The van der Waals surface area contributed by atoms with E-state index in [1.807, 2.05) is 48.5 Å². The average Bonchev–Trinajstić information content (AvgIpc) is 2.46. The molecule has 2 aromatic carbocycles. The first-order chi connectivity index (χ1) is 9.28. The van der Waals surface area contributed by atoms with Crippen LogP contribution in [0.25, 0.3) is 0 Å². The van der Waals surface area contributed by atoms with Crippen molar-refractivity contribution < 1.29 is 4.79 Å². The quantitative estimate of drug-likeness (QED) is 0.859. The smallest absolute Gasteiger partial charge is 0.243 e. The number of amides is 1. The van der Waals surface area contributed by atoms with Gasteiger partial charge in [0.05, 0.1) is 6.54 Å². The predicted molar refractivity (Wildman–Crippen MR) is 79.4 cm³/mol. The summed E-state index contributed by atoms with van der Waals surface area (Å²) in [6.07, 6.45) is 0.964. The number of benzene rings is 2. The lowest BCUT2D eigenvalue weighted by molar-refractivity contribution is -0.114. The van der Waals surface area contributed by atoms with E-state index in [2.05, 4.69) is 23.6 Å². The topological polar surface area (TPSA) is 41.1 Å². The highest BCUT2D eigenvalue weighted by Crippen LogP contribution is 2.11. The van der Waals surface area contributed by atoms with Crippen molar-refractivity contribution in [2.75, 3.05) is 17.2 Å². The molecule has 0 unspecified atom stereocenters. The van der Waals surface area contributed by atoms with Crippen LogP contribution < -0.4 is 10.6 Å². The van der Waals surface area contributed by atoms with Gasteiger partial charge in [-0.2, -0.15) is 0 Å². The molecule has 0 aliphatic carbocycles. The van der Waals surface area contributed by atoms with Crippen molar-refractivity contribution in [3.8, 4) is 0 Å². The van der Waals surface area contributed by atoms with Crippen molar-refractivity contribution in [1.82, 2.24) is 0 Å². The van der Waals surface area contributed by atoms with Crippen molar-refractivity contribution in [2.45, 2.75) is 13.3 Å². The summed E-state index contributed by atoms with van der Waals surface area (Å²) < 4.78 is 0. The lowest BCUT2D eigenvalue weighted by atomic mass is 10.1. The van der Waals surface area contributed by atoms with Gasteiger partial charge in [-0.1, -0.05) is 37.3 Å². The van der Waals surface area contributed by atoms with Crippen LogP contribution in [0.2, 0.25) is 0 Å². The number of para-hydroxylation sites is 1. The summed E-state index contributed by atoms with van der Waals surface area (Å²) in [6, 6.07) is 17.6. The van der Waals surface area contributed by atoms with Gasteiger partial charge in [0, 0.05) is 11.4 Å². The third kappa shape index (κ3) is 4.14. The zero-order chi connectivity index (χ0) is 13.5. The average molecular weight is 254 g/mol. The van der Waals surface area contributed by atoms with Gasteiger partial charge in [0.15, 0.2) is 0 Å². The van der Waals surface area contributed by atoms with Gasteiger partial charge in [-0.25, -0.2) is 0 Å². The van der Waals surface area contributed by atoms with Crippen LogP contribution in [0.4, 0.5) is 11.4 Å². The molecule has 0 aromatic heterocycles. The largest absolute Gasteiger partial charge is 0.376 e. The van der Waals surface area contributed by atoms with Crippen LogP contribution in [-0.2, 0) is 11.2 Å². The normalized spacial score (nSPS) is 9.95. The molecule has 0 aliphatic rings. The Bertz CT molecular complexity index is 537. The number of aryl methyl sites for hydroxylation is 1. The molecule has 0 saturated heterocycles. The van der Waals surface area contributed by atoms with Crippen LogP contribution in [0.5, 0.6) is 0 Å². The summed E-state index contributed by atoms with van der Waals surface area (Å²) in [5.41, 5.74) is 3.01. The van der Waals surface area contributed by atoms with E-state index in [0.29, 0.717) is 0 Å². The van der Waals surface area contributed by atoms with Gasteiger partial charge in [0.2, 0.25) is 5.91 Å². The molecule has 0 saturated carbocycles. The molecule has 0 spiro atoms. The Balaban J connectivity index is 1.87. The fourth-order valence-electron chi connectivity index (χ4n) is 1.81. The molecule has 0 aliphatic heterocycles. The van der Waals surface area contributed by atoms with E-state index in [4.69, 9.17) is 0 Å². The third-order valence-electron chi connectivity index (χ3n) is 2.85. The molecule has 0 heterocycles. The minimum atomic E-state index is -0.0443. The zero-order valence-electron chi connectivity index (χ0n) is 11.0. The maximum atomic E-state index is 11.8. The molecule has 2 aromatic rings. The van der Waals surface area contributed by atoms with Crippen molar-refractivity contribution in [2.24, 2.45) is 0 Å². The molecule has 3 nitrogen and oxygen atoms in total. The summed E-state index contributed by atoms with van der Waals surface area (Å²) in [7, 11) is 0. The fraction of sp³-hybridized carbons (Fsp3) is 0.188. The second-order valence-electron chi connectivity index (χ2n) is 4.32. The Labute approximate surface area is 113 Å². The number of carbonyl (C=O) groups excluding carboxylic acids is 1. The summed E-state index contributed by atoms with van der Waals surface area (Å²) in [4.78, 5) is 11.8. The molecule has 0 radical (unpaired) electrons. The van der Waals surface area contributed by atoms with Gasteiger partial charge in [-0.15, -0.1) is 0 Å². The Hall–Kier alpha value is -2.29. The van der Waals surface area contributed by atoms with Crippen molar-refractivity contribution in [3.05, 3.63) is 60.2 Å². The monoisotopic (exact) mass is 254 g/mol. The van der Waals surface area contributed by atoms with Gasteiger partial charge in [-0.3, -0.25) is 4.79 Å². The first kappa shape index (κ1) is 13.1. The van der Waals surface area contributed by atoms with E-state index in [0.717, 1.165) is 17.8 Å². The van der Waals surface area contributed by atoms with Gasteiger partial charge >= 0.3 is 0 Å². The molecule has 0 fully saturated rings. The number of anilines is 2. The van der Waals surface area contributed by atoms with Gasteiger partial charge in [-0.05, 0) is 36.2 Å². The second kappa shape index (κ2) is 6.59. The Kier molecular flexibility index (Phi) is 4.56. The predicted octanol–water partition coefficient (Wildman–Crippen LogP) is 3.30. The highest BCUT2D eigenvalue weighted by Gasteiger charge is 2.02. The lowest BCUT2D eigenvalue weighted by Gasteiger charge is -2.08. The van der Waals surface area contributed by atoms with E-state index >= 15 is 0 Å². The van der Waals surface area contributed by atoms with E-state index < -0.39 is 0 Å². The number of carbonyl (C=O) groups is 1. The zero-order valence-corrected chi connectivity index (χ0v) is 11.0. The minimum Gasteiger partial charge on any atom is -0.376 e. The van der Waals surface area contributed by atoms with Crippen LogP contribution in [0, 0.1) is 0 Å². The van der Waals surface area contributed by atoms with Crippen LogP contribution in [-0.4, -0.2) is 12.5 Å². The van der Waals surface area contributed by atoms with E-state index in [9.17, 15) is 4.79 Å². The Morgan fingerprint density at radius 1 is 1.00 bits per heavy atom. The molecule has 0 bridgehead atoms. The fourth-order valence-corrected chi connectivity index (χ4v) is 1.81. The van der Waals surface area contributed by atoms with Gasteiger partial charge < -0.3 is 10.6 Å². The van der Waals surface area contributed by atoms with Gasteiger partial charge in [0.25, 0.3) is 0 Å². The molecular weight excluding hydrogens is 236 g/mol. The van der Waals surface area contributed by atoms with Gasteiger partial charge in [0.1, 0.15) is 0 Å². The van der Waals surface area contributed by atoms with Crippen molar-refractivity contribution in [3.63, 3.8) is 0 Å². The highest BCUT2D eigenvalue weighted by molar-refractivity contribution is 5.93. The minimum absolute atomic E-state index is 0.0443. The SMILES string of the molecule is CCc1cccc(NC(=O)CNc2ccccc2)c1. The number of hydrogen-bond donors (Lipinski definition) is 2. The van der Waals surface area contributed by atoms with Crippen LogP contribution in [0.15, 0.2) is 54.6 Å². The Morgan fingerprint density at radius 3 is 2.47 bits per heavy atom. The summed E-state index contributed by atoms with van der Waals surface area (Å²) in [6.45, 7) is 2.36. The molecule has 2 N–H and O–H groups in total. The maximum absolute atomic E-state index is 11.8. The van der Waals surface area contributed by atoms with E-state index in [1.165, 1.54) is 5.56 Å². The van der Waals surface area contributed by atoms with E-state index in [1.54, 1.807) is 0 Å². The summed E-state index contributed by atoms with van der Waals surface area (Å²) in [5, 5.41) is 5.97. The third-order valence-corrected chi connectivity index (χ3v) is 2.85. The lowest BCUT2D eigenvalue weighted by Crippen LogP contribution is -2.21. The summed E-state index contributed by atoms with van der Waals surface area (Å²) >= 11 is 0. The molecule has 19 heavy (non-hydrogen) atoms. The van der Waals surface area contributed by atoms with Crippen LogP contribution in [0.1, 0.15) is 12.5 Å². The van der Waals surface area contributed by atoms with Crippen molar-refractivity contribution >= 4 is 17.3 Å².